The maximum absolute atomic E-state index is 4.98. The first kappa shape index (κ1) is 6.01. The Morgan fingerprint density at radius 2 is 2.00 bits per heavy atom. The number of hydrogen-bond acceptors (Lipinski definition) is 1. The Balaban J connectivity index is 3.07. The molecule has 0 aliphatic carbocycles. The van der Waals surface area contributed by atoms with Gasteiger partial charge in [0.2, 0.25) is 0 Å². The number of hydrogen-bond donors (Lipinski definition) is 1. The van der Waals surface area contributed by atoms with Gasteiger partial charge in [0.15, 0.2) is 0 Å². The molecule has 0 fully saturated rings. The van der Waals surface area contributed by atoms with E-state index in [-0.39, 0.29) is 0 Å². The van der Waals surface area contributed by atoms with Crippen LogP contribution in [0.1, 0.15) is 0 Å². The van der Waals surface area contributed by atoms with Crippen molar-refractivity contribution in [3.63, 3.8) is 0 Å². The van der Waals surface area contributed by atoms with Crippen molar-refractivity contribution in [2.75, 3.05) is 0 Å². The third kappa shape index (κ3) is 4.01. The van der Waals surface area contributed by atoms with E-state index in [1.165, 1.54) is 6.20 Å². The summed E-state index contributed by atoms with van der Waals surface area (Å²) in [4.78, 5) is 0. The van der Waals surface area contributed by atoms with Crippen molar-refractivity contribution in [2.45, 2.75) is 0 Å². The summed E-state index contributed by atoms with van der Waals surface area (Å²) in [7, 11) is 0. The molecule has 0 aromatic heterocycles. The second kappa shape index (κ2) is 5.01. The highest BCUT2D eigenvalue weighted by molar-refractivity contribution is 14.1. The first-order valence-corrected chi connectivity index (χ1v) is 2.80. The largest absolute Gasteiger partial charge is 0.405 e. The fourth-order valence-electron chi connectivity index (χ4n) is 0.106. The average molecular weight is 195 g/mol. The summed E-state index contributed by atoms with van der Waals surface area (Å²) in [6.07, 6.45) is 5.13. The maximum atomic E-state index is 4.98. The van der Waals surface area contributed by atoms with Crippen LogP contribution in [0, 0.1) is 0 Å². The van der Waals surface area contributed by atoms with Crippen LogP contribution in [-0.4, -0.2) is 0 Å². The molecule has 6 heavy (non-hydrogen) atoms. The number of nitrogens with two attached hydrogens (primary N) is 1. The van der Waals surface area contributed by atoms with Gasteiger partial charge >= 0.3 is 0 Å². The van der Waals surface area contributed by atoms with Gasteiger partial charge in [-0.05, 0) is 16.4 Å². The SMILES string of the molecule is N/C=C\C=C/I. The van der Waals surface area contributed by atoms with E-state index in [4.69, 9.17) is 5.73 Å². The quantitative estimate of drug-likeness (QED) is 0.496. The van der Waals surface area contributed by atoms with Crippen LogP contribution in [0.4, 0.5) is 0 Å². The second-order valence-corrected chi connectivity index (χ2v) is 1.42. The fraction of sp³-hybridized carbons (Fsp3) is 0. The third-order valence-electron chi connectivity index (χ3n) is 0.295. The van der Waals surface area contributed by atoms with Gasteiger partial charge in [0.25, 0.3) is 0 Å². The molecule has 0 heterocycles. The van der Waals surface area contributed by atoms with Crippen molar-refractivity contribution in [1.29, 1.82) is 0 Å². The minimum absolute atomic E-state index is 1.50. The number of allylic oxidation sites excluding steroid dienone is 2. The van der Waals surface area contributed by atoms with Crippen LogP contribution in [0.15, 0.2) is 22.4 Å². The first-order valence-electron chi connectivity index (χ1n) is 1.55. The van der Waals surface area contributed by atoms with E-state index in [9.17, 15) is 0 Å². The van der Waals surface area contributed by atoms with Gasteiger partial charge < -0.3 is 5.73 Å². The van der Waals surface area contributed by atoms with Gasteiger partial charge in [0.1, 0.15) is 0 Å². The lowest BCUT2D eigenvalue weighted by molar-refractivity contribution is 1.61. The van der Waals surface area contributed by atoms with Crippen molar-refractivity contribution in [1.82, 2.24) is 0 Å². The lowest BCUT2D eigenvalue weighted by atomic mass is 10.6. The molecule has 0 spiro atoms. The molecule has 0 aliphatic rings. The van der Waals surface area contributed by atoms with Crippen molar-refractivity contribution in [3.8, 4) is 0 Å². The van der Waals surface area contributed by atoms with E-state index in [1.54, 1.807) is 6.08 Å². The first-order chi connectivity index (χ1) is 2.91. The van der Waals surface area contributed by atoms with E-state index < -0.39 is 0 Å². The van der Waals surface area contributed by atoms with Gasteiger partial charge in [0, 0.05) is 0 Å². The zero-order valence-corrected chi connectivity index (χ0v) is 5.42. The summed E-state index contributed by atoms with van der Waals surface area (Å²) in [5.74, 6) is 0. The highest BCUT2D eigenvalue weighted by atomic mass is 127. The Morgan fingerprint density at radius 3 is 2.17 bits per heavy atom. The molecule has 0 atom stereocenters. The minimum atomic E-state index is 1.50. The van der Waals surface area contributed by atoms with Crippen LogP contribution in [-0.2, 0) is 0 Å². The molecule has 0 unspecified atom stereocenters. The molecule has 0 saturated carbocycles. The molecule has 0 aromatic carbocycles. The fourth-order valence-corrected chi connectivity index (χ4v) is 0.346. The van der Waals surface area contributed by atoms with Gasteiger partial charge in [-0.2, -0.15) is 0 Å². The van der Waals surface area contributed by atoms with E-state index >= 15 is 0 Å². The molecular formula is C4H6IN. The van der Waals surface area contributed by atoms with E-state index in [1.807, 2.05) is 10.2 Å². The second-order valence-electron chi connectivity index (χ2n) is 0.703. The van der Waals surface area contributed by atoms with Gasteiger partial charge in [-0.3, -0.25) is 0 Å². The van der Waals surface area contributed by atoms with Gasteiger partial charge in [-0.1, -0.05) is 28.7 Å². The van der Waals surface area contributed by atoms with E-state index in [0.29, 0.717) is 0 Å². The van der Waals surface area contributed by atoms with Crippen LogP contribution in [0.3, 0.4) is 0 Å². The lowest BCUT2D eigenvalue weighted by Gasteiger charge is -1.62. The molecule has 0 aliphatic heterocycles. The monoisotopic (exact) mass is 195 g/mol. The Morgan fingerprint density at radius 1 is 1.33 bits per heavy atom. The third-order valence-corrected chi connectivity index (χ3v) is 0.710. The maximum Gasteiger partial charge on any atom is -0.00622 e. The zero-order valence-electron chi connectivity index (χ0n) is 3.26. The van der Waals surface area contributed by atoms with Crippen LogP contribution in [0.25, 0.3) is 0 Å². The summed E-state index contributed by atoms with van der Waals surface area (Å²) in [6, 6.07) is 0. The molecule has 0 radical (unpaired) electrons. The van der Waals surface area contributed by atoms with Crippen molar-refractivity contribution < 1.29 is 0 Å². The van der Waals surface area contributed by atoms with Crippen LogP contribution >= 0.6 is 22.6 Å². The minimum Gasteiger partial charge on any atom is -0.405 e. The summed E-state index contributed by atoms with van der Waals surface area (Å²) in [5.41, 5.74) is 4.98. The summed E-state index contributed by atoms with van der Waals surface area (Å²) in [6.45, 7) is 0. The summed E-state index contributed by atoms with van der Waals surface area (Å²) in [5, 5.41) is 0. The van der Waals surface area contributed by atoms with Gasteiger partial charge in [-0.25, -0.2) is 0 Å². The molecule has 0 saturated heterocycles. The normalized spacial score (nSPS) is 11.5. The Kier molecular flexibility index (Phi) is 5.02. The van der Waals surface area contributed by atoms with Crippen molar-refractivity contribution in [3.05, 3.63) is 22.4 Å². The molecule has 34 valence electrons. The summed E-state index contributed by atoms with van der Waals surface area (Å²) >= 11 is 2.12. The Labute approximate surface area is 51.1 Å². The van der Waals surface area contributed by atoms with E-state index in [2.05, 4.69) is 22.6 Å². The topological polar surface area (TPSA) is 26.0 Å². The Bertz CT molecular complexity index is 55.9. The van der Waals surface area contributed by atoms with Gasteiger partial charge in [0.05, 0.1) is 0 Å². The number of rotatable bonds is 1. The molecule has 2 heteroatoms. The standard InChI is InChI=1S/C4H6IN/c5-3-1-2-4-6/h1-4H,6H2/b3-1-,4-2-. The van der Waals surface area contributed by atoms with Crippen LogP contribution in [0.2, 0.25) is 0 Å². The van der Waals surface area contributed by atoms with Gasteiger partial charge in [-0.15, -0.1) is 0 Å². The summed E-state index contributed by atoms with van der Waals surface area (Å²) < 4.78 is 1.89. The number of halogens is 1. The predicted molar refractivity (Wildman–Crippen MR) is 36.5 cm³/mol. The molecular weight excluding hydrogens is 189 g/mol. The molecule has 0 amide bonds. The predicted octanol–water partition coefficient (Wildman–Crippen LogP) is 1.41. The lowest BCUT2D eigenvalue weighted by Crippen LogP contribution is -1.71. The van der Waals surface area contributed by atoms with Crippen molar-refractivity contribution >= 4 is 22.6 Å². The zero-order chi connectivity index (χ0) is 4.83. The van der Waals surface area contributed by atoms with E-state index in [0.717, 1.165) is 0 Å². The molecule has 0 bridgehead atoms. The highest BCUT2D eigenvalue weighted by Crippen LogP contribution is 1.81. The average Bonchev–Trinajstić information content (AvgIpc) is 1.61. The Hall–Kier alpha value is 0.01000. The molecule has 0 rings (SSSR count). The van der Waals surface area contributed by atoms with Crippen LogP contribution in [0.5, 0.6) is 0 Å². The van der Waals surface area contributed by atoms with Crippen LogP contribution < -0.4 is 5.73 Å². The smallest absolute Gasteiger partial charge is 0.00622 e. The molecule has 2 N–H and O–H groups in total. The molecule has 1 nitrogen and oxygen atoms in total. The van der Waals surface area contributed by atoms with Crippen molar-refractivity contribution in [2.24, 2.45) is 5.73 Å². The highest BCUT2D eigenvalue weighted by Gasteiger charge is 1.50. The molecule has 0 aromatic rings.